The Morgan fingerprint density at radius 1 is 0.688 bits per heavy atom. The van der Waals surface area contributed by atoms with Crippen LogP contribution in [0.1, 0.15) is 87.3 Å². The molecule has 16 heavy (non-hydrogen) atoms. The molecule has 0 aliphatic carbocycles. The molecule has 0 saturated carbocycles. The van der Waals surface area contributed by atoms with Crippen LogP contribution < -0.4 is 0 Å². The van der Waals surface area contributed by atoms with Gasteiger partial charge in [-0.05, 0) is 17.8 Å². The molecular weight excluding hydrogens is 192 g/mol. The molecule has 0 nitrogen and oxygen atoms in total. The molecule has 0 saturated heterocycles. The lowest BCUT2D eigenvalue weighted by Crippen LogP contribution is -2.21. The van der Waals surface area contributed by atoms with Crippen LogP contribution in [-0.2, 0) is 0 Å². The highest BCUT2D eigenvalue weighted by molar-refractivity contribution is 4.73. The zero-order valence-corrected chi connectivity index (χ0v) is 12.1. The van der Waals surface area contributed by atoms with Gasteiger partial charge >= 0.3 is 0 Å². The van der Waals surface area contributed by atoms with E-state index in [0.717, 1.165) is 11.8 Å². The monoisotopic (exact) mass is 227 g/mol. The molecule has 0 fully saturated rings. The van der Waals surface area contributed by atoms with Crippen molar-refractivity contribution in [3.05, 3.63) is 0 Å². The van der Waals surface area contributed by atoms with E-state index in [-0.39, 0.29) is 0 Å². The number of hydrogen-bond acceptors (Lipinski definition) is 0. The quantitative estimate of drug-likeness (QED) is 0.426. The predicted octanol–water partition coefficient (Wildman–Crippen LogP) is 6.06. The van der Waals surface area contributed by atoms with Gasteiger partial charge in [0, 0.05) is 1.37 Å². The average Bonchev–Trinajstić information content (AvgIpc) is 2.31. The summed E-state index contributed by atoms with van der Waals surface area (Å²) in [5, 5.41) is 0. The number of hydrogen-bond donors (Lipinski definition) is 0. The molecule has 0 atom stereocenters. The highest BCUT2D eigenvalue weighted by Gasteiger charge is 2.23. The van der Waals surface area contributed by atoms with E-state index in [1.54, 1.807) is 0 Å². The second kappa shape index (κ2) is 10.2. The van der Waals surface area contributed by atoms with Crippen molar-refractivity contribution in [2.24, 2.45) is 17.8 Å². The third-order valence-electron chi connectivity index (χ3n) is 3.85. The summed E-state index contributed by atoms with van der Waals surface area (Å²) in [5.41, 5.74) is 0. The molecule has 0 heterocycles. The first-order valence-corrected chi connectivity index (χ1v) is 7.54. The molecule has 0 unspecified atom stereocenters. The molecule has 0 aromatic rings. The molecule has 0 radical (unpaired) electrons. The maximum Gasteiger partial charge on any atom is 0.0233 e. The summed E-state index contributed by atoms with van der Waals surface area (Å²) in [6.45, 7) is 9.81. The van der Waals surface area contributed by atoms with Gasteiger partial charge in [0.15, 0.2) is 0 Å². The summed E-state index contributed by atoms with van der Waals surface area (Å²) in [5.74, 6) is 2.28. The van der Waals surface area contributed by atoms with Crippen molar-refractivity contribution >= 4 is 0 Å². The summed E-state index contributed by atoms with van der Waals surface area (Å²) in [4.78, 5) is 0. The second-order valence-electron chi connectivity index (χ2n) is 5.34. The summed E-state index contributed by atoms with van der Waals surface area (Å²) >= 11 is 0. The van der Waals surface area contributed by atoms with Crippen LogP contribution in [-0.4, -0.2) is 0 Å². The molecule has 0 amide bonds. The molecule has 0 aliphatic rings. The van der Waals surface area contributed by atoms with Gasteiger partial charge in [0.05, 0.1) is 0 Å². The summed E-state index contributed by atoms with van der Waals surface area (Å²) in [6.07, 6.45) is 10.5. The van der Waals surface area contributed by atoms with Crippen LogP contribution in [0, 0.1) is 17.8 Å². The van der Waals surface area contributed by atoms with E-state index in [1.807, 2.05) is 0 Å². The largest absolute Gasteiger partial charge is 0.0654 e. The van der Waals surface area contributed by atoms with Gasteiger partial charge in [-0.2, -0.15) is 0 Å². The lowest BCUT2D eigenvalue weighted by Gasteiger charge is -2.31. The zero-order chi connectivity index (χ0) is 13.1. The third kappa shape index (κ3) is 5.92. The Bertz CT molecular complexity index is 128. The van der Waals surface area contributed by atoms with Crippen molar-refractivity contribution < 1.29 is 1.37 Å². The highest BCUT2D eigenvalue weighted by Crippen LogP contribution is 2.33. The van der Waals surface area contributed by atoms with Crippen LogP contribution >= 0.6 is 0 Å². The smallest absolute Gasteiger partial charge is 0.0233 e. The van der Waals surface area contributed by atoms with E-state index < -0.39 is 0 Å². The predicted molar refractivity (Wildman–Crippen MR) is 75.8 cm³/mol. The Labute approximate surface area is 106 Å². The first kappa shape index (κ1) is 14.1. The zero-order valence-electron chi connectivity index (χ0n) is 13.1. The van der Waals surface area contributed by atoms with Crippen LogP contribution in [0.15, 0.2) is 0 Å². The Balaban J connectivity index is 4.55. The van der Waals surface area contributed by atoms with E-state index >= 15 is 0 Å². The minimum absolute atomic E-state index is 0.648. The van der Waals surface area contributed by atoms with E-state index in [0.29, 0.717) is 12.8 Å². The van der Waals surface area contributed by atoms with E-state index in [2.05, 4.69) is 27.7 Å². The molecule has 0 bridgehead atoms. The van der Waals surface area contributed by atoms with Gasteiger partial charge in [-0.15, -0.1) is 0 Å². The SMILES string of the molecule is [2H]CC(C(CCC)CCC)C(CCC)CCC. The van der Waals surface area contributed by atoms with Gasteiger partial charge in [-0.3, -0.25) is 0 Å². The van der Waals surface area contributed by atoms with Gasteiger partial charge in [0.2, 0.25) is 0 Å². The van der Waals surface area contributed by atoms with Crippen molar-refractivity contribution in [1.29, 1.82) is 0 Å². The summed E-state index contributed by atoms with van der Waals surface area (Å²) < 4.78 is 7.93. The van der Waals surface area contributed by atoms with Crippen LogP contribution in [0.2, 0.25) is 0 Å². The highest BCUT2D eigenvalue weighted by atomic mass is 14.3. The fraction of sp³-hybridized carbons (Fsp3) is 1.00. The van der Waals surface area contributed by atoms with Gasteiger partial charge in [-0.1, -0.05) is 86.0 Å². The van der Waals surface area contributed by atoms with Crippen LogP contribution in [0.4, 0.5) is 0 Å². The first-order chi connectivity index (χ1) is 8.24. The van der Waals surface area contributed by atoms with Gasteiger partial charge in [0.1, 0.15) is 0 Å². The van der Waals surface area contributed by atoms with Crippen LogP contribution in [0.25, 0.3) is 0 Å². The first-order valence-electron chi connectivity index (χ1n) is 8.24. The number of rotatable bonds is 10. The molecule has 0 spiro atoms. The van der Waals surface area contributed by atoms with Crippen molar-refractivity contribution in [3.8, 4) is 0 Å². The lowest BCUT2D eigenvalue weighted by atomic mass is 9.75. The van der Waals surface area contributed by atoms with Gasteiger partial charge in [0.25, 0.3) is 0 Å². The minimum atomic E-state index is 0.648. The van der Waals surface area contributed by atoms with Crippen molar-refractivity contribution in [2.75, 3.05) is 0 Å². The standard InChI is InChI=1S/C16H34/c1-6-10-15(11-7-2)14(5)16(12-8-3)13-9-4/h14-16H,6-13H2,1-5H3/i5D. The Kier molecular flexibility index (Phi) is 8.94. The van der Waals surface area contributed by atoms with Crippen LogP contribution in [0.5, 0.6) is 0 Å². The average molecular weight is 227 g/mol. The van der Waals surface area contributed by atoms with Gasteiger partial charge < -0.3 is 0 Å². The van der Waals surface area contributed by atoms with E-state index in [1.165, 1.54) is 51.4 Å². The molecule has 0 rings (SSSR count). The normalized spacial score (nSPS) is 12.8. The Hall–Kier alpha value is 0. The fourth-order valence-corrected chi connectivity index (χ4v) is 3.01. The maximum absolute atomic E-state index is 7.93. The maximum atomic E-state index is 7.93. The van der Waals surface area contributed by atoms with E-state index in [9.17, 15) is 0 Å². The van der Waals surface area contributed by atoms with Crippen molar-refractivity contribution in [2.45, 2.75) is 86.0 Å². The summed E-state index contributed by atoms with van der Waals surface area (Å²) in [7, 11) is 0. The molecular formula is C16H34. The van der Waals surface area contributed by atoms with Gasteiger partial charge in [-0.25, -0.2) is 0 Å². The fourth-order valence-electron chi connectivity index (χ4n) is 3.01. The third-order valence-corrected chi connectivity index (χ3v) is 3.85. The summed E-state index contributed by atoms with van der Waals surface area (Å²) in [6, 6.07) is 0. The molecule has 0 aromatic carbocycles. The minimum Gasteiger partial charge on any atom is -0.0654 e. The molecule has 0 aliphatic heterocycles. The Morgan fingerprint density at radius 3 is 1.19 bits per heavy atom. The lowest BCUT2D eigenvalue weighted by molar-refractivity contribution is 0.197. The Morgan fingerprint density at radius 2 is 1.00 bits per heavy atom. The van der Waals surface area contributed by atoms with E-state index in [4.69, 9.17) is 1.37 Å². The van der Waals surface area contributed by atoms with Crippen molar-refractivity contribution in [3.63, 3.8) is 0 Å². The molecule has 0 aromatic heterocycles. The van der Waals surface area contributed by atoms with Crippen LogP contribution in [0.3, 0.4) is 0 Å². The molecule has 0 N–H and O–H groups in total. The molecule has 98 valence electrons. The second-order valence-corrected chi connectivity index (χ2v) is 5.34. The molecule has 0 heteroatoms. The van der Waals surface area contributed by atoms with Crippen molar-refractivity contribution in [1.82, 2.24) is 0 Å². The topological polar surface area (TPSA) is 0 Å².